The van der Waals surface area contributed by atoms with E-state index in [1.807, 2.05) is 60.4 Å². The van der Waals surface area contributed by atoms with E-state index in [0.29, 0.717) is 18.7 Å². The third-order valence-electron chi connectivity index (χ3n) is 5.94. The Morgan fingerprint density at radius 3 is 2.70 bits per heavy atom. The molecule has 0 saturated carbocycles. The van der Waals surface area contributed by atoms with E-state index < -0.39 is 5.66 Å². The highest BCUT2D eigenvalue weighted by atomic mass is 16.5. The quantitative estimate of drug-likeness (QED) is 0.661. The summed E-state index contributed by atoms with van der Waals surface area (Å²) in [6.45, 7) is 9.77. The minimum absolute atomic E-state index is 0.0457. The molecule has 0 aliphatic carbocycles. The highest BCUT2D eigenvalue weighted by Crippen LogP contribution is 2.41. The standard InChI is InChI=1S/C25H30N2O3/c1-4-25(19-11-13-20(14-12-19)30-17-18(2)3)26-23-10-6-5-9-22(23)24(28)27(25)16-21-8-7-15-29-21/h5-6,9-14,21,26H,2,4,7-8,15-17H2,1,3H3. The number of carbonyl (C=O) groups is 1. The zero-order valence-corrected chi connectivity index (χ0v) is 17.8. The topological polar surface area (TPSA) is 50.8 Å². The van der Waals surface area contributed by atoms with Crippen molar-refractivity contribution in [3.05, 3.63) is 71.8 Å². The molecule has 158 valence electrons. The Morgan fingerprint density at radius 1 is 1.27 bits per heavy atom. The first kappa shape index (κ1) is 20.5. The summed E-state index contributed by atoms with van der Waals surface area (Å²) < 4.78 is 11.7. The molecule has 0 radical (unpaired) electrons. The van der Waals surface area contributed by atoms with E-state index in [2.05, 4.69) is 18.8 Å². The van der Waals surface area contributed by atoms with Gasteiger partial charge in [-0.15, -0.1) is 0 Å². The van der Waals surface area contributed by atoms with Crippen LogP contribution in [0.25, 0.3) is 0 Å². The van der Waals surface area contributed by atoms with E-state index in [1.165, 1.54) is 0 Å². The van der Waals surface area contributed by atoms with Gasteiger partial charge in [-0.3, -0.25) is 4.79 Å². The van der Waals surface area contributed by atoms with Gasteiger partial charge in [-0.25, -0.2) is 0 Å². The number of rotatable bonds is 7. The Labute approximate surface area is 178 Å². The fourth-order valence-corrected chi connectivity index (χ4v) is 4.36. The van der Waals surface area contributed by atoms with Crippen molar-refractivity contribution in [1.29, 1.82) is 0 Å². The van der Waals surface area contributed by atoms with Crippen LogP contribution < -0.4 is 10.1 Å². The molecule has 1 amide bonds. The molecule has 0 spiro atoms. The van der Waals surface area contributed by atoms with E-state index >= 15 is 0 Å². The molecule has 30 heavy (non-hydrogen) atoms. The van der Waals surface area contributed by atoms with Gasteiger partial charge in [0.25, 0.3) is 5.91 Å². The van der Waals surface area contributed by atoms with Crippen molar-refractivity contribution in [2.24, 2.45) is 0 Å². The van der Waals surface area contributed by atoms with Crippen molar-refractivity contribution in [1.82, 2.24) is 4.90 Å². The Kier molecular flexibility index (Phi) is 5.82. The maximum absolute atomic E-state index is 13.6. The minimum atomic E-state index is -0.635. The number of carbonyl (C=O) groups excluding carboxylic acids is 1. The fourth-order valence-electron chi connectivity index (χ4n) is 4.36. The third kappa shape index (κ3) is 3.82. The van der Waals surface area contributed by atoms with Gasteiger partial charge in [0.1, 0.15) is 18.0 Å². The normalized spacial score (nSPS) is 23.1. The van der Waals surface area contributed by atoms with Gasteiger partial charge in [0, 0.05) is 18.8 Å². The molecule has 5 heteroatoms. The average Bonchev–Trinajstić information content (AvgIpc) is 3.28. The number of hydrogen-bond donors (Lipinski definition) is 1. The molecule has 1 N–H and O–H groups in total. The van der Waals surface area contributed by atoms with Gasteiger partial charge in [-0.2, -0.15) is 0 Å². The number of hydrogen-bond acceptors (Lipinski definition) is 4. The van der Waals surface area contributed by atoms with Gasteiger partial charge in [0.05, 0.1) is 11.7 Å². The molecule has 1 fully saturated rings. The van der Waals surface area contributed by atoms with Crippen LogP contribution in [0.4, 0.5) is 5.69 Å². The predicted octanol–water partition coefficient (Wildman–Crippen LogP) is 4.95. The van der Waals surface area contributed by atoms with E-state index in [9.17, 15) is 4.79 Å². The largest absolute Gasteiger partial charge is 0.489 e. The highest BCUT2D eigenvalue weighted by molar-refractivity contribution is 6.02. The molecule has 2 heterocycles. The van der Waals surface area contributed by atoms with Crippen LogP contribution in [-0.2, 0) is 10.4 Å². The van der Waals surface area contributed by atoms with Crippen LogP contribution in [0.3, 0.4) is 0 Å². The van der Waals surface area contributed by atoms with Gasteiger partial charge in [-0.05, 0) is 61.6 Å². The number of nitrogens with one attached hydrogen (secondary N) is 1. The summed E-state index contributed by atoms with van der Waals surface area (Å²) in [6.07, 6.45) is 2.83. The lowest BCUT2D eigenvalue weighted by Gasteiger charge is -2.49. The Morgan fingerprint density at radius 2 is 2.03 bits per heavy atom. The van der Waals surface area contributed by atoms with Gasteiger partial charge in [0.2, 0.25) is 0 Å². The summed E-state index contributed by atoms with van der Waals surface area (Å²) in [6, 6.07) is 15.8. The molecule has 1 saturated heterocycles. The molecular weight excluding hydrogens is 376 g/mol. The Bertz CT molecular complexity index is 918. The van der Waals surface area contributed by atoms with Crippen molar-refractivity contribution >= 4 is 11.6 Å². The van der Waals surface area contributed by atoms with E-state index in [1.54, 1.807) is 0 Å². The monoisotopic (exact) mass is 406 g/mol. The number of ether oxygens (including phenoxy) is 2. The third-order valence-corrected chi connectivity index (χ3v) is 5.94. The van der Waals surface area contributed by atoms with Gasteiger partial charge in [-0.1, -0.05) is 37.8 Å². The number of fused-ring (bicyclic) bond motifs is 1. The van der Waals surface area contributed by atoms with Crippen LogP contribution in [0.5, 0.6) is 5.75 Å². The fraction of sp³-hybridized carbons (Fsp3) is 0.400. The molecule has 5 nitrogen and oxygen atoms in total. The first-order chi connectivity index (χ1) is 14.5. The minimum Gasteiger partial charge on any atom is -0.489 e. The van der Waals surface area contributed by atoms with Gasteiger partial charge >= 0.3 is 0 Å². The predicted molar refractivity (Wildman–Crippen MR) is 119 cm³/mol. The van der Waals surface area contributed by atoms with Gasteiger partial charge < -0.3 is 19.7 Å². The van der Waals surface area contributed by atoms with Crippen molar-refractivity contribution in [3.63, 3.8) is 0 Å². The summed E-state index contributed by atoms with van der Waals surface area (Å²) in [7, 11) is 0. The zero-order valence-electron chi connectivity index (χ0n) is 17.8. The van der Waals surface area contributed by atoms with E-state index in [0.717, 1.165) is 48.4 Å². The van der Waals surface area contributed by atoms with Crippen LogP contribution >= 0.6 is 0 Å². The first-order valence-electron chi connectivity index (χ1n) is 10.7. The second kappa shape index (κ2) is 8.52. The van der Waals surface area contributed by atoms with Crippen LogP contribution in [0.15, 0.2) is 60.7 Å². The lowest BCUT2D eigenvalue weighted by atomic mass is 9.89. The number of nitrogens with zero attached hydrogens (tertiary/aromatic N) is 1. The van der Waals surface area contributed by atoms with Crippen LogP contribution in [-0.4, -0.2) is 36.7 Å². The molecule has 0 bridgehead atoms. The first-order valence-corrected chi connectivity index (χ1v) is 10.7. The van der Waals surface area contributed by atoms with Crippen molar-refractivity contribution in [2.45, 2.75) is 44.9 Å². The van der Waals surface area contributed by atoms with Crippen molar-refractivity contribution < 1.29 is 14.3 Å². The number of para-hydroxylation sites is 1. The Hall–Kier alpha value is -2.79. The molecular formula is C25H30N2O3. The molecule has 0 aromatic heterocycles. The summed E-state index contributed by atoms with van der Waals surface area (Å²) in [5, 5.41) is 3.70. The molecule has 2 aromatic carbocycles. The SMILES string of the molecule is C=C(C)COc1ccc(C2(CC)Nc3ccccc3C(=O)N2CC2CCCO2)cc1. The second-order valence-corrected chi connectivity index (χ2v) is 8.21. The van der Waals surface area contributed by atoms with Crippen LogP contribution in [0.1, 0.15) is 49.0 Å². The lowest BCUT2D eigenvalue weighted by molar-refractivity contribution is 0.0187. The summed E-state index contributed by atoms with van der Waals surface area (Å²) in [5.74, 6) is 0.838. The summed E-state index contributed by atoms with van der Waals surface area (Å²) >= 11 is 0. The number of benzene rings is 2. The lowest BCUT2D eigenvalue weighted by Crippen LogP contribution is -2.59. The zero-order chi connectivity index (χ0) is 21.1. The summed E-state index contributed by atoms with van der Waals surface area (Å²) in [5.41, 5.74) is 2.96. The Balaban J connectivity index is 1.71. The molecule has 2 unspecified atom stereocenters. The number of anilines is 1. The number of amides is 1. The average molecular weight is 407 g/mol. The highest BCUT2D eigenvalue weighted by Gasteiger charge is 2.45. The molecule has 2 atom stereocenters. The van der Waals surface area contributed by atoms with Crippen molar-refractivity contribution in [2.75, 3.05) is 25.1 Å². The molecule has 2 aromatic rings. The molecule has 2 aliphatic rings. The smallest absolute Gasteiger partial charge is 0.258 e. The maximum Gasteiger partial charge on any atom is 0.258 e. The second-order valence-electron chi connectivity index (χ2n) is 8.21. The summed E-state index contributed by atoms with van der Waals surface area (Å²) in [4.78, 5) is 15.6. The molecule has 4 rings (SSSR count). The van der Waals surface area contributed by atoms with Gasteiger partial charge in [0.15, 0.2) is 0 Å². The van der Waals surface area contributed by atoms with E-state index in [-0.39, 0.29) is 12.0 Å². The maximum atomic E-state index is 13.6. The molecule has 2 aliphatic heterocycles. The van der Waals surface area contributed by atoms with Crippen LogP contribution in [0, 0.1) is 0 Å². The van der Waals surface area contributed by atoms with E-state index in [4.69, 9.17) is 9.47 Å². The van der Waals surface area contributed by atoms with Crippen molar-refractivity contribution in [3.8, 4) is 5.75 Å². The van der Waals surface area contributed by atoms with Crippen LogP contribution in [0.2, 0.25) is 0 Å².